The minimum Gasteiger partial charge on any atom is -0.496 e. The van der Waals surface area contributed by atoms with Crippen molar-refractivity contribution in [3.05, 3.63) is 59.0 Å². The number of nitrogens with zero attached hydrogens (tertiary/aromatic N) is 4. The zero-order valence-corrected chi connectivity index (χ0v) is 21.4. The van der Waals surface area contributed by atoms with E-state index in [1.165, 1.54) is 18.3 Å². The van der Waals surface area contributed by atoms with Gasteiger partial charge in [-0.15, -0.1) is 0 Å². The Labute approximate surface area is 216 Å². The molecular formula is C27H27FN4O4S. The molecule has 8 nitrogen and oxygen atoms in total. The molecule has 0 radical (unpaired) electrons. The van der Waals surface area contributed by atoms with E-state index >= 15 is 0 Å². The van der Waals surface area contributed by atoms with Crippen LogP contribution in [0.3, 0.4) is 0 Å². The minimum atomic E-state index is -1.14. The number of pyridine rings is 1. The van der Waals surface area contributed by atoms with Crippen LogP contribution in [-0.4, -0.2) is 31.8 Å². The lowest BCUT2D eigenvalue weighted by molar-refractivity contribution is -0.00491. The molecular weight excluding hydrogens is 495 g/mol. The quantitative estimate of drug-likeness (QED) is 0.265. The lowest BCUT2D eigenvalue weighted by Gasteiger charge is -2.31. The first-order chi connectivity index (χ1) is 17.9. The number of aliphatic hydroxyl groups is 1. The van der Waals surface area contributed by atoms with E-state index in [0.29, 0.717) is 44.2 Å². The molecule has 1 aliphatic carbocycles. The fourth-order valence-electron chi connectivity index (χ4n) is 4.80. The van der Waals surface area contributed by atoms with Gasteiger partial charge in [-0.3, -0.25) is 4.98 Å². The molecule has 192 valence electrons. The van der Waals surface area contributed by atoms with Crippen LogP contribution in [0.25, 0.3) is 27.4 Å². The highest BCUT2D eigenvalue weighted by Crippen LogP contribution is 2.38. The van der Waals surface area contributed by atoms with Gasteiger partial charge in [-0.05, 0) is 38.0 Å². The summed E-state index contributed by atoms with van der Waals surface area (Å²) < 4.78 is 32.9. The van der Waals surface area contributed by atoms with Crippen molar-refractivity contribution in [2.24, 2.45) is 0 Å². The van der Waals surface area contributed by atoms with Crippen LogP contribution < -0.4 is 9.47 Å². The number of halogens is 1. The highest BCUT2D eigenvalue weighted by molar-refractivity contribution is 7.16. The maximum Gasteiger partial charge on any atom is 0.212 e. The summed E-state index contributed by atoms with van der Waals surface area (Å²) in [6.07, 6.45) is 5.19. The molecule has 1 aromatic carbocycles. The Balaban J connectivity index is 1.29. The fourth-order valence-corrected chi connectivity index (χ4v) is 5.61. The van der Waals surface area contributed by atoms with Crippen LogP contribution >= 0.6 is 11.3 Å². The molecule has 37 heavy (non-hydrogen) atoms. The van der Waals surface area contributed by atoms with Crippen molar-refractivity contribution in [1.29, 1.82) is 0 Å². The number of hydrogen-bond acceptors (Lipinski definition) is 8. The number of rotatable bonds is 7. The first-order valence-corrected chi connectivity index (χ1v) is 13.2. The molecule has 1 atom stereocenters. The van der Waals surface area contributed by atoms with Crippen molar-refractivity contribution in [2.45, 2.75) is 57.4 Å². The Kier molecular flexibility index (Phi) is 6.08. The number of fused-ring (bicyclic) bond motifs is 2. The molecule has 10 heteroatoms. The van der Waals surface area contributed by atoms with E-state index in [4.69, 9.17) is 18.9 Å². The van der Waals surface area contributed by atoms with Gasteiger partial charge in [-0.2, -0.15) is 5.10 Å². The molecule has 0 amide bonds. The van der Waals surface area contributed by atoms with Gasteiger partial charge in [-0.1, -0.05) is 36.7 Å². The lowest BCUT2D eigenvalue weighted by Crippen LogP contribution is -2.29. The van der Waals surface area contributed by atoms with Crippen LogP contribution in [0.2, 0.25) is 0 Å². The molecule has 6 rings (SSSR count). The molecule has 0 bridgehead atoms. The summed E-state index contributed by atoms with van der Waals surface area (Å²) in [6, 6.07) is 11.2. The summed E-state index contributed by atoms with van der Waals surface area (Å²) in [4.78, 5) is 9.87. The van der Waals surface area contributed by atoms with Gasteiger partial charge in [-0.25, -0.2) is 13.9 Å². The molecule has 0 unspecified atom stereocenters. The summed E-state index contributed by atoms with van der Waals surface area (Å²) in [5.74, 6) is 1.72. The molecule has 4 aromatic heterocycles. The average molecular weight is 523 g/mol. The van der Waals surface area contributed by atoms with Crippen molar-refractivity contribution >= 4 is 27.3 Å². The summed E-state index contributed by atoms with van der Waals surface area (Å²) in [7, 11) is 1.59. The summed E-state index contributed by atoms with van der Waals surface area (Å²) in [6.45, 7) is 1.68. The van der Waals surface area contributed by atoms with Crippen molar-refractivity contribution in [2.75, 3.05) is 7.11 Å². The maximum absolute atomic E-state index is 13.6. The van der Waals surface area contributed by atoms with Gasteiger partial charge in [0.1, 0.15) is 35.0 Å². The van der Waals surface area contributed by atoms with Crippen molar-refractivity contribution in [3.8, 4) is 23.0 Å². The van der Waals surface area contributed by atoms with E-state index in [9.17, 15) is 9.50 Å². The zero-order valence-electron chi connectivity index (χ0n) is 20.6. The Morgan fingerprint density at radius 3 is 2.78 bits per heavy atom. The topological polar surface area (TPSA) is 94.9 Å². The highest BCUT2D eigenvalue weighted by atomic mass is 32.1. The third-order valence-corrected chi connectivity index (χ3v) is 7.88. The Bertz CT molecular complexity index is 1540. The van der Waals surface area contributed by atoms with Crippen LogP contribution in [0.4, 0.5) is 4.39 Å². The number of aromatic nitrogens is 4. The number of furan rings is 1. The van der Waals surface area contributed by atoms with E-state index in [1.54, 1.807) is 23.9 Å². The van der Waals surface area contributed by atoms with Crippen LogP contribution in [0, 0.1) is 0 Å². The second-order valence-corrected chi connectivity index (χ2v) is 10.4. The SMILES string of the molecule is COc1cc(OCc2cccc(C3(O)CCCCC3)n2)c2cc(-c3cn4nc([C@H](C)F)sc4n3)oc2c1. The second-order valence-electron chi connectivity index (χ2n) is 9.45. The highest BCUT2D eigenvalue weighted by Gasteiger charge is 2.32. The molecule has 1 N–H and O–H groups in total. The molecule has 0 aliphatic heterocycles. The molecule has 4 heterocycles. The van der Waals surface area contributed by atoms with Gasteiger partial charge in [0, 0.05) is 12.1 Å². The van der Waals surface area contributed by atoms with Crippen LogP contribution in [-0.2, 0) is 12.2 Å². The normalized spacial score (nSPS) is 16.3. The van der Waals surface area contributed by atoms with Crippen LogP contribution in [0.1, 0.15) is 61.6 Å². The van der Waals surface area contributed by atoms with E-state index in [2.05, 4.69) is 10.1 Å². The van der Waals surface area contributed by atoms with Gasteiger partial charge in [0.25, 0.3) is 0 Å². The number of imidazole rings is 1. The lowest BCUT2D eigenvalue weighted by atomic mass is 9.82. The monoisotopic (exact) mass is 522 g/mol. The average Bonchev–Trinajstić information content (AvgIpc) is 3.61. The van der Waals surface area contributed by atoms with E-state index in [1.807, 2.05) is 30.3 Å². The number of alkyl halides is 1. The van der Waals surface area contributed by atoms with E-state index < -0.39 is 11.8 Å². The fraction of sp³-hybridized carbons (Fsp3) is 0.370. The maximum atomic E-state index is 13.6. The molecule has 1 fully saturated rings. The summed E-state index contributed by atoms with van der Waals surface area (Å²) in [5, 5.41) is 16.5. The second kappa shape index (κ2) is 9.42. The molecule has 0 spiro atoms. The van der Waals surface area contributed by atoms with Gasteiger partial charge < -0.3 is 19.0 Å². The van der Waals surface area contributed by atoms with Gasteiger partial charge in [0.05, 0.1) is 30.1 Å². The molecule has 0 saturated heterocycles. The third kappa shape index (κ3) is 4.55. The number of ether oxygens (including phenoxy) is 2. The number of benzene rings is 1. The van der Waals surface area contributed by atoms with Gasteiger partial charge >= 0.3 is 0 Å². The summed E-state index contributed by atoms with van der Waals surface area (Å²) in [5.41, 5.74) is 1.74. The van der Waals surface area contributed by atoms with Crippen LogP contribution in [0.5, 0.6) is 11.5 Å². The van der Waals surface area contributed by atoms with Crippen LogP contribution in [0.15, 0.2) is 47.0 Å². The Hall–Kier alpha value is -3.50. The Morgan fingerprint density at radius 2 is 2.03 bits per heavy atom. The minimum absolute atomic E-state index is 0.223. The predicted molar refractivity (Wildman–Crippen MR) is 138 cm³/mol. The number of hydrogen-bond donors (Lipinski definition) is 1. The van der Waals surface area contributed by atoms with Crippen molar-refractivity contribution in [3.63, 3.8) is 0 Å². The molecule has 1 saturated carbocycles. The van der Waals surface area contributed by atoms with E-state index in [0.717, 1.165) is 43.2 Å². The predicted octanol–water partition coefficient (Wildman–Crippen LogP) is 6.37. The Morgan fingerprint density at radius 1 is 1.19 bits per heavy atom. The first kappa shape index (κ1) is 23.9. The molecule has 1 aliphatic rings. The third-order valence-electron chi connectivity index (χ3n) is 6.80. The van der Waals surface area contributed by atoms with Crippen molar-refractivity contribution < 1.29 is 23.4 Å². The van der Waals surface area contributed by atoms with Gasteiger partial charge in [0.15, 0.2) is 16.9 Å². The largest absolute Gasteiger partial charge is 0.496 e. The zero-order chi connectivity index (χ0) is 25.6. The summed E-state index contributed by atoms with van der Waals surface area (Å²) >= 11 is 1.21. The smallest absolute Gasteiger partial charge is 0.212 e. The molecule has 5 aromatic rings. The van der Waals surface area contributed by atoms with E-state index in [-0.39, 0.29) is 6.61 Å². The standard InChI is InChI=1S/C27H27FN4O4S/c1-16(28)25-31-32-14-20(30-26(32)37-25)23-13-19-21(11-18(34-2)12-22(19)36-23)35-15-17-7-6-8-24(29-17)27(33)9-4-3-5-10-27/h6-8,11-14,16,33H,3-5,9-10,15H2,1-2H3/t16-/m0/s1. The first-order valence-electron chi connectivity index (χ1n) is 12.4. The van der Waals surface area contributed by atoms with Crippen molar-refractivity contribution in [1.82, 2.24) is 19.6 Å². The number of methoxy groups -OCH3 is 1. The van der Waals surface area contributed by atoms with Gasteiger partial charge in [0.2, 0.25) is 4.96 Å².